The standard InChI is InChI=1S/C14H20N2O3S/c1-9-13(5-6-19-9)20-8-14(17)16-11-7-10(15)3-4-12(11)18-2/h3-4,7,9,13H,5-6,8,15H2,1-2H3,(H,16,17). The third kappa shape index (κ3) is 3.80. The van der Waals surface area contributed by atoms with E-state index in [1.807, 2.05) is 6.92 Å². The molecule has 2 atom stereocenters. The van der Waals surface area contributed by atoms with Gasteiger partial charge < -0.3 is 20.5 Å². The SMILES string of the molecule is COc1ccc(N)cc1NC(=O)CSC1CCOC1C. The summed E-state index contributed by atoms with van der Waals surface area (Å²) < 4.78 is 10.7. The highest BCUT2D eigenvalue weighted by Gasteiger charge is 2.25. The molecule has 2 rings (SSSR count). The van der Waals surface area contributed by atoms with E-state index in [1.54, 1.807) is 37.1 Å². The van der Waals surface area contributed by atoms with Gasteiger partial charge in [-0.2, -0.15) is 0 Å². The van der Waals surface area contributed by atoms with Crippen molar-refractivity contribution in [2.75, 3.05) is 30.5 Å². The zero-order valence-corrected chi connectivity index (χ0v) is 12.5. The molecule has 0 spiro atoms. The molecular weight excluding hydrogens is 276 g/mol. The monoisotopic (exact) mass is 296 g/mol. The van der Waals surface area contributed by atoms with Gasteiger partial charge in [0.05, 0.1) is 24.7 Å². The molecule has 0 aromatic heterocycles. The first-order valence-electron chi connectivity index (χ1n) is 6.56. The van der Waals surface area contributed by atoms with E-state index in [1.165, 1.54) is 0 Å². The average Bonchev–Trinajstić information content (AvgIpc) is 2.82. The van der Waals surface area contributed by atoms with E-state index < -0.39 is 0 Å². The molecule has 1 aliphatic rings. The third-order valence-electron chi connectivity index (χ3n) is 3.23. The Morgan fingerprint density at radius 1 is 1.60 bits per heavy atom. The molecule has 6 heteroatoms. The quantitative estimate of drug-likeness (QED) is 0.814. The summed E-state index contributed by atoms with van der Waals surface area (Å²) in [5.74, 6) is 0.948. The molecule has 1 aromatic carbocycles. The van der Waals surface area contributed by atoms with E-state index in [0.717, 1.165) is 13.0 Å². The highest BCUT2D eigenvalue weighted by atomic mass is 32.2. The Hall–Kier alpha value is -1.40. The predicted octanol–water partition coefficient (Wildman–Crippen LogP) is 2.13. The normalized spacial score (nSPS) is 21.7. The summed E-state index contributed by atoms with van der Waals surface area (Å²) in [6.45, 7) is 2.83. The molecule has 0 saturated carbocycles. The molecule has 110 valence electrons. The molecule has 1 fully saturated rings. The predicted molar refractivity (Wildman–Crippen MR) is 82.3 cm³/mol. The number of carbonyl (C=O) groups is 1. The van der Waals surface area contributed by atoms with Gasteiger partial charge in [0.2, 0.25) is 5.91 Å². The highest BCUT2D eigenvalue weighted by Crippen LogP contribution is 2.28. The summed E-state index contributed by atoms with van der Waals surface area (Å²) in [5, 5.41) is 3.23. The lowest BCUT2D eigenvalue weighted by Crippen LogP contribution is -2.20. The lowest BCUT2D eigenvalue weighted by Gasteiger charge is -2.14. The Kier molecular flexibility index (Phi) is 5.14. The van der Waals surface area contributed by atoms with Crippen molar-refractivity contribution in [1.29, 1.82) is 0 Å². The van der Waals surface area contributed by atoms with Crippen molar-refractivity contribution in [2.45, 2.75) is 24.7 Å². The molecule has 2 unspecified atom stereocenters. The van der Waals surface area contributed by atoms with Crippen LogP contribution in [0, 0.1) is 0 Å². The lowest BCUT2D eigenvalue weighted by atomic mass is 10.2. The van der Waals surface area contributed by atoms with Gasteiger partial charge in [-0.25, -0.2) is 0 Å². The number of amides is 1. The summed E-state index contributed by atoms with van der Waals surface area (Å²) in [7, 11) is 1.56. The van der Waals surface area contributed by atoms with Crippen LogP contribution in [0.5, 0.6) is 5.75 Å². The number of anilines is 2. The van der Waals surface area contributed by atoms with E-state index in [4.69, 9.17) is 15.2 Å². The number of methoxy groups -OCH3 is 1. The maximum Gasteiger partial charge on any atom is 0.234 e. The Labute approximate surface area is 123 Å². The minimum Gasteiger partial charge on any atom is -0.495 e. The van der Waals surface area contributed by atoms with Crippen LogP contribution in [0.1, 0.15) is 13.3 Å². The Bertz CT molecular complexity index is 481. The van der Waals surface area contributed by atoms with Gasteiger partial charge in [0, 0.05) is 17.5 Å². The van der Waals surface area contributed by atoms with Crippen LogP contribution in [0.2, 0.25) is 0 Å². The van der Waals surface area contributed by atoms with E-state index in [-0.39, 0.29) is 12.0 Å². The summed E-state index contributed by atoms with van der Waals surface area (Å²) in [4.78, 5) is 12.0. The van der Waals surface area contributed by atoms with Gasteiger partial charge in [-0.1, -0.05) is 0 Å². The number of nitrogens with one attached hydrogen (secondary N) is 1. The topological polar surface area (TPSA) is 73.6 Å². The molecule has 1 heterocycles. The van der Waals surface area contributed by atoms with Crippen LogP contribution in [0.25, 0.3) is 0 Å². The molecule has 0 radical (unpaired) electrons. The fourth-order valence-electron chi connectivity index (χ4n) is 2.12. The highest BCUT2D eigenvalue weighted by molar-refractivity contribution is 8.00. The van der Waals surface area contributed by atoms with E-state index in [9.17, 15) is 4.79 Å². The molecule has 0 aliphatic carbocycles. The summed E-state index contributed by atoms with van der Waals surface area (Å²) in [6.07, 6.45) is 1.22. The van der Waals surface area contributed by atoms with Crippen LogP contribution in [-0.4, -0.2) is 36.7 Å². The number of carbonyl (C=O) groups excluding carboxylic acids is 1. The summed E-state index contributed by atoms with van der Waals surface area (Å²) in [5.41, 5.74) is 6.92. The first-order valence-corrected chi connectivity index (χ1v) is 7.61. The van der Waals surface area contributed by atoms with Crippen LogP contribution < -0.4 is 15.8 Å². The van der Waals surface area contributed by atoms with Crippen LogP contribution in [-0.2, 0) is 9.53 Å². The second kappa shape index (κ2) is 6.85. The zero-order chi connectivity index (χ0) is 14.5. The second-order valence-electron chi connectivity index (χ2n) is 4.72. The van der Waals surface area contributed by atoms with Gasteiger partial charge in [0.1, 0.15) is 5.75 Å². The van der Waals surface area contributed by atoms with Gasteiger partial charge >= 0.3 is 0 Å². The van der Waals surface area contributed by atoms with Gasteiger partial charge in [-0.3, -0.25) is 4.79 Å². The van der Waals surface area contributed by atoms with Crippen LogP contribution in [0.4, 0.5) is 11.4 Å². The lowest BCUT2D eigenvalue weighted by molar-refractivity contribution is -0.113. The van der Waals surface area contributed by atoms with Crippen LogP contribution in [0.3, 0.4) is 0 Å². The van der Waals surface area contributed by atoms with Crippen molar-refractivity contribution in [2.24, 2.45) is 0 Å². The molecular formula is C14H20N2O3S. The Morgan fingerprint density at radius 3 is 3.05 bits per heavy atom. The van der Waals surface area contributed by atoms with Crippen molar-refractivity contribution in [3.63, 3.8) is 0 Å². The van der Waals surface area contributed by atoms with E-state index in [2.05, 4.69) is 5.32 Å². The minimum absolute atomic E-state index is 0.0574. The van der Waals surface area contributed by atoms with Crippen molar-refractivity contribution < 1.29 is 14.3 Å². The van der Waals surface area contributed by atoms with Crippen molar-refractivity contribution in [3.8, 4) is 5.75 Å². The maximum atomic E-state index is 12.0. The number of rotatable bonds is 5. The number of nitrogens with two attached hydrogens (primary N) is 1. The van der Waals surface area contributed by atoms with Gasteiger partial charge in [0.15, 0.2) is 0 Å². The first kappa shape index (κ1) is 15.0. The fraction of sp³-hybridized carbons (Fsp3) is 0.500. The summed E-state index contributed by atoms with van der Waals surface area (Å²) >= 11 is 1.63. The second-order valence-corrected chi connectivity index (χ2v) is 5.95. The molecule has 1 amide bonds. The molecule has 1 aliphatic heterocycles. The molecule has 1 saturated heterocycles. The molecule has 20 heavy (non-hydrogen) atoms. The van der Waals surface area contributed by atoms with Gasteiger partial charge in [0.25, 0.3) is 0 Å². The molecule has 3 N–H and O–H groups in total. The van der Waals surface area contributed by atoms with Crippen molar-refractivity contribution in [3.05, 3.63) is 18.2 Å². The number of hydrogen-bond acceptors (Lipinski definition) is 5. The number of benzene rings is 1. The van der Waals surface area contributed by atoms with Crippen LogP contribution >= 0.6 is 11.8 Å². The number of hydrogen-bond donors (Lipinski definition) is 2. The first-order chi connectivity index (χ1) is 9.60. The van der Waals surface area contributed by atoms with Gasteiger partial charge in [-0.05, 0) is 31.5 Å². The number of nitrogen functional groups attached to an aromatic ring is 1. The zero-order valence-electron chi connectivity index (χ0n) is 11.7. The summed E-state index contributed by atoms with van der Waals surface area (Å²) in [6, 6.07) is 5.18. The third-order valence-corrected chi connectivity index (χ3v) is 4.71. The largest absolute Gasteiger partial charge is 0.495 e. The average molecular weight is 296 g/mol. The minimum atomic E-state index is -0.0574. The van der Waals surface area contributed by atoms with Gasteiger partial charge in [-0.15, -0.1) is 11.8 Å². The Balaban J connectivity index is 1.89. The van der Waals surface area contributed by atoms with Crippen LogP contribution in [0.15, 0.2) is 18.2 Å². The number of ether oxygens (including phenoxy) is 2. The molecule has 0 bridgehead atoms. The van der Waals surface area contributed by atoms with E-state index in [0.29, 0.717) is 28.1 Å². The van der Waals surface area contributed by atoms with Crippen molar-refractivity contribution in [1.82, 2.24) is 0 Å². The van der Waals surface area contributed by atoms with Crippen molar-refractivity contribution >= 4 is 29.0 Å². The smallest absolute Gasteiger partial charge is 0.234 e. The molecule has 1 aromatic rings. The number of thioether (sulfide) groups is 1. The fourth-order valence-corrected chi connectivity index (χ4v) is 3.17. The Morgan fingerprint density at radius 2 is 2.40 bits per heavy atom. The van der Waals surface area contributed by atoms with E-state index >= 15 is 0 Å². The maximum absolute atomic E-state index is 12.0. The molecule has 5 nitrogen and oxygen atoms in total.